The Bertz CT molecular complexity index is 1090. The van der Waals surface area contributed by atoms with Crippen LogP contribution in [0.4, 0.5) is 0 Å². The molecule has 0 aliphatic heterocycles. The van der Waals surface area contributed by atoms with E-state index < -0.39 is 5.91 Å². The fourth-order valence-electron chi connectivity index (χ4n) is 2.66. The predicted octanol–water partition coefficient (Wildman–Crippen LogP) is 3.63. The molecular weight excluding hydrogens is 454 g/mol. The maximum Gasteiger partial charge on any atom is 0.276 e. The highest BCUT2D eigenvalue weighted by Gasteiger charge is 2.11. The first kappa shape index (κ1) is 20.8. The molecule has 0 bridgehead atoms. The Morgan fingerprint density at radius 1 is 1.00 bits per heavy atom. The standard InChI is InChI=1S/C21H18BrN3O3S/c1-13-6-2-4-8-15(13)20(27)23-21(29)25-24-18(26)12-28-17-11-10-14-7-3-5-9-16(14)19(17)22/h2-11H,12H2,1H3,(H,24,26)(H2,23,25,27,29). The number of hydrogen-bond donors (Lipinski definition) is 3. The summed E-state index contributed by atoms with van der Waals surface area (Å²) in [6.07, 6.45) is 0. The van der Waals surface area contributed by atoms with Crippen LogP contribution in [-0.4, -0.2) is 23.5 Å². The minimum atomic E-state index is -0.447. The number of ether oxygens (including phenoxy) is 1. The van der Waals surface area contributed by atoms with E-state index in [1.807, 2.05) is 49.4 Å². The van der Waals surface area contributed by atoms with Crippen LogP contribution in [0.15, 0.2) is 65.1 Å². The summed E-state index contributed by atoms with van der Waals surface area (Å²) in [4.78, 5) is 24.2. The summed E-state index contributed by atoms with van der Waals surface area (Å²) in [5, 5.41) is 4.55. The van der Waals surface area contributed by atoms with Crippen LogP contribution < -0.4 is 20.9 Å². The molecule has 2 amide bonds. The lowest BCUT2D eigenvalue weighted by atomic mass is 10.1. The van der Waals surface area contributed by atoms with Gasteiger partial charge in [0, 0.05) is 5.56 Å². The number of aryl methyl sites for hydroxylation is 1. The van der Waals surface area contributed by atoms with Gasteiger partial charge in [-0.3, -0.25) is 25.8 Å². The molecule has 0 unspecified atom stereocenters. The molecular formula is C21H18BrN3O3S. The van der Waals surface area contributed by atoms with Gasteiger partial charge in [0.1, 0.15) is 5.75 Å². The highest BCUT2D eigenvalue weighted by Crippen LogP contribution is 2.32. The van der Waals surface area contributed by atoms with Crippen molar-refractivity contribution in [3.8, 4) is 5.75 Å². The number of carbonyl (C=O) groups is 2. The van der Waals surface area contributed by atoms with E-state index in [0.29, 0.717) is 11.3 Å². The molecule has 0 aliphatic rings. The summed E-state index contributed by atoms with van der Waals surface area (Å²) in [5.41, 5.74) is 6.22. The van der Waals surface area contributed by atoms with Crippen LogP contribution >= 0.6 is 28.1 Å². The third-order valence-electron chi connectivity index (χ3n) is 4.12. The van der Waals surface area contributed by atoms with Gasteiger partial charge in [0.15, 0.2) is 11.7 Å². The van der Waals surface area contributed by atoms with Gasteiger partial charge in [-0.25, -0.2) is 0 Å². The SMILES string of the molecule is Cc1ccccc1C(=O)NC(=S)NNC(=O)COc1ccc2ccccc2c1Br. The highest BCUT2D eigenvalue weighted by molar-refractivity contribution is 9.10. The number of halogens is 1. The van der Waals surface area contributed by atoms with Gasteiger partial charge in [0.05, 0.1) is 4.47 Å². The lowest BCUT2D eigenvalue weighted by molar-refractivity contribution is -0.123. The molecule has 148 valence electrons. The number of thiocarbonyl (C=S) groups is 1. The van der Waals surface area contributed by atoms with Gasteiger partial charge < -0.3 is 4.74 Å². The van der Waals surface area contributed by atoms with Crippen molar-refractivity contribution in [2.24, 2.45) is 0 Å². The molecule has 29 heavy (non-hydrogen) atoms. The van der Waals surface area contributed by atoms with E-state index in [0.717, 1.165) is 20.8 Å². The molecule has 3 aromatic rings. The Morgan fingerprint density at radius 2 is 1.72 bits per heavy atom. The van der Waals surface area contributed by atoms with Gasteiger partial charge in [0.25, 0.3) is 11.8 Å². The van der Waals surface area contributed by atoms with Gasteiger partial charge >= 0.3 is 0 Å². The van der Waals surface area contributed by atoms with E-state index in [1.54, 1.807) is 18.2 Å². The summed E-state index contributed by atoms with van der Waals surface area (Å²) in [6.45, 7) is 1.60. The van der Waals surface area contributed by atoms with Crippen molar-refractivity contribution >= 4 is 55.8 Å². The number of rotatable bonds is 4. The van der Waals surface area contributed by atoms with Crippen molar-refractivity contribution in [3.63, 3.8) is 0 Å². The average molecular weight is 472 g/mol. The van der Waals surface area contributed by atoms with Crippen LogP contribution in [0.1, 0.15) is 15.9 Å². The Labute approximate surface area is 181 Å². The third-order valence-corrected chi connectivity index (χ3v) is 5.14. The van der Waals surface area contributed by atoms with Crippen LogP contribution in [0.2, 0.25) is 0 Å². The highest BCUT2D eigenvalue weighted by atomic mass is 79.9. The average Bonchev–Trinajstić information content (AvgIpc) is 2.72. The van der Waals surface area contributed by atoms with Crippen LogP contribution in [0.5, 0.6) is 5.75 Å². The minimum Gasteiger partial charge on any atom is -0.483 e. The molecule has 6 nitrogen and oxygen atoms in total. The molecule has 3 N–H and O–H groups in total. The molecule has 0 radical (unpaired) electrons. The van der Waals surface area contributed by atoms with Crippen LogP contribution in [-0.2, 0) is 4.79 Å². The van der Waals surface area contributed by atoms with E-state index in [1.165, 1.54) is 0 Å². The quantitative estimate of drug-likeness (QED) is 0.399. The number of amides is 2. The van der Waals surface area contributed by atoms with E-state index in [-0.39, 0.29) is 17.6 Å². The van der Waals surface area contributed by atoms with Crippen molar-refractivity contribution in [3.05, 3.63) is 76.3 Å². The maximum atomic E-state index is 12.2. The number of nitrogens with one attached hydrogen (secondary N) is 3. The zero-order valence-corrected chi connectivity index (χ0v) is 17.9. The van der Waals surface area contributed by atoms with Crippen molar-refractivity contribution < 1.29 is 14.3 Å². The minimum absolute atomic E-state index is 0.0153. The molecule has 0 heterocycles. The Balaban J connectivity index is 1.49. The van der Waals surface area contributed by atoms with Gasteiger partial charge in [-0.2, -0.15) is 0 Å². The van der Waals surface area contributed by atoms with E-state index in [4.69, 9.17) is 17.0 Å². The van der Waals surface area contributed by atoms with Gasteiger partial charge in [-0.05, 0) is 63.5 Å². The first-order valence-electron chi connectivity index (χ1n) is 8.71. The second-order valence-electron chi connectivity index (χ2n) is 6.16. The number of hydrogen-bond acceptors (Lipinski definition) is 4. The second kappa shape index (κ2) is 9.49. The smallest absolute Gasteiger partial charge is 0.276 e. The van der Waals surface area contributed by atoms with Crippen LogP contribution in [0.25, 0.3) is 10.8 Å². The Morgan fingerprint density at radius 3 is 2.52 bits per heavy atom. The lowest BCUT2D eigenvalue weighted by Crippen LogP contribution is -2.49. The summed E-state index contributed by atoms with van der Waals surface area (Å²) < 4.78 is 6.35. The lowest BCUT2D eigenvalue weighted by Gasteiger charge is -2.13. The summed E-state index contributed by atoms with van der Waals surface area (Å²) >= 11 is 8.55. The summed E-state index contributed by atoms with van der Waals surface area (Å²) in [6, 6.07) is 18.7. The number of benzene rings is 3. The molecule has 0 saturated carbocycles. The van der Waals surface area contributed by atoms with E-state index in [9.17, 15) is 9.59 Å². The monoisotopic (exact) mass is 471 g/mol. The first-order valence-corrected chi connectivity index (χ1v) is 9.91. The van der Waals surface area contributed by atoms with E-state index >= 15 is 0 Å². The third kappa shape index (κ3) is 5.30. The van der Waals surface area contributed by atoms with Gasteiger partial charge in [-0.15, -0.1) is 0 Å². The number of carbonyl (C=O) groups excluding carboxylic acids is 2. The molecule has 8 heteroatoms. The molecule has 0 aliphatic carbocycles. The Hall–Kier alpha value is -2.97. The summed E-state index contributed by atoms with van der Waals surface area (Å²) in [5.74, 6) is -0.252. The Kier molecular flexibility index (Phi) is 6.79. The van der Waals surface area contributed by atoms with E-state index in [2.05, 4.69) is 32.1 Å². The van der Waals surface area contributed by atoms with Crippen molar-refractivity contribution in [2.75, 3.05) is 6.61 Å². The number of fused-ring (bicyclic) bond motifs is 1. The molecule has 0 aromatic heterocycles. The molecule has 0 atom stereocenters. The van der Waals surface area contributed by atoms with Crippen LogP contribution in [0.3, 0.4) is 0 Å². The molecule has 0 saturated heterocycles. The van der Waals surface area contributed by atoms with Crippen molar-refractivity contribution in [1.29, 1.82) is 0 Å². The van der Waals surface area contributed by atoms with Crippen LogP contribution in [0, 0.1) is 6.92 Å². The first-order chi connectivity index (χ1) is 14.0. The van der Waals surface area contributed by atoms with Gasteiger partial charge in [-0.1, -0.05) is 48.5 Å². The van der Waals surface area contributed by atoms with Gasteiger partial charge in [0.2, 0.25) is 0 Å². The molecule has 3 rings (SSSR count). The summed E-state index contributed by atoms with van der Waals surface area (Å²) in [7, 11) is 0. The predicted molar refractivity (Wildman–Crippen MR) is 120 cm³/mol. The fourth-order valence-corrected chi connectivity index (χ4v) is 3.41. The normalized spacial score (nSPS) is 10.3. The second-order valence-corrected chi connectivity index (χ2v) is 7.36. The van der Waals surface area contributed by atoms with Crippen molar-refractivity contribution in [1.82, 2.24) is 16.2 Å². The molecule has 0 fully saturated rings. The number of hydrazine groups is 1. The largest absolute Gasteiger partial charge is 0.483 e. The van der Waals surface area contributed by atoms with Crippen molar-refractivity contribution in [2.45, 2.75) is 6.92 Å². The zero-order chi connectivity index (χ0) is 20.8. The maximum absolute atomic E-state index is 12.2. The topological polar surface area (TPSA) is 79.5 Å². The fraction of sp³-hybridized carbons (Fsp3) is 0.0952. The molecule has 0 spiro atoms. The molecule has 3 aromatic carbocycles. The zero-order valence-electron chi connectivity index (χ0n) is 15.5.